The number of benzene rings is 1. The maximum atomic E-state index is 14.4. The molecule has 1 heterocycles. The SMILES string of the molecule is CC(N)C(CNc1cc(F)c(S(=O)(=O)Nc2ncns2)cc1F)CC(N)CC(F)(F)F. The summed E-state index contributed by atoms with van der Waals surface area (Å²) in [5, 5.41) is 2.43. The molecule has 1 aromatic carbocycles. The fraction of sp³-hybridized carbons (Fsp3) is 0.500. The highest BCUT2D eigenvalue weighted by molar-refractivity contribution is 7.93. The van der Waals surface area contributed by atoms with E-state index in [9.17, 15) is 30.4 Å². The second-order valence-corrected chi connectivity index (χ2v) is 9.36. The zero-order chi connectivity index (χ0) is 23.4. The normalized spacial score (nSPS) is 15.4. The van der Waals surface area contributed by atoms with E-state index < -0.39 is 57.2 Å². The molecule has 2 aromatic rings. The van der Waals surface area contributed by atoms with Crippen molar-refractivity contribution in [1.82, 2.24) is 9.36 Å². The number of alkyl halides is 3. The smallest absolute Gasteiger partial charge is 0.382 e. The number of halogens is 5. The zero-order valence-corrected chi connectivity index (χ0v) is 17.8. The first-order valence-electron chi connectivity index (χ1n) is 8.89. The van der Waals surface area contributed by atoms with Crippen LogP contribution in [0.15, 0.2) is 23.4 Å². The van der Waals surface area contributed by atoms with E-state index in [2.05, 4.69) is 14.7 Å². The fourth-order valence-corrected chi connectivity index (χ4v) is 4.49. The van der Waals surface area contributed by atoms with Gasteiger partial charge in [0.25, 0.3) is 10.0 Å². The van der Waals surface area contributed by atoms with Crippen LogP contribution in [0.25, 0.3) is 0 Å². The highest BCUT2D eigenvalue weighted by Gasteiger charge is 2.32. The van der Waals surface area contributed by atoms with E-state index in [1.54, 1.807) is 6.92 Å². The average Bonchev–Trinajstić information content (AvgIpc) is 3.11. The summed E-state index contributed by atoms with van der Waals surface area (Å²) in [6.45, 7) is 1.45. The van der Waals surface area contributed by atoms with Gasteiger partial charge in [0.15, 0.2) is 0 Å². The van der Waals surface area contributed by atoms with Crippen molar-refractivity contribution in [1.29, 1.82) is 0 Å². The molecule has 0 spiro atoms. The van der Waals surface area contributed by atoms with Crippen LogP contribution in [-0.4, -0.2) is 42.6 Å². The van der Waals surface area contributed by atoms with Gasteiger partial charge in [-0.2, -0.15) is 17.5 Å². The molecule has 0 amide bonds. The number of anilines is 2. The van der Waals surface area contributed by atoms with E-state index in [4.69, 9.17) is 11.5 Å². The molecule has 8 nitrogen and oxygen atoms in total. The number of hydrogen-bond acceptors (Lipinski definition) is 8. The third-order valence-corrected chi connectivity index (χ3v) is 6.35. The summed E-state index contributed by atoms with van der Waals surface area (Å²) in [5.74, 6) is -2.91. The van der Waals surface area contributed by atoms with E-state index in [1.807, 2.05) is 4.72 Å². The van der Waals surface area contributed by atoms with Gasteiger partial charge in [-0.3, -0.25) is 4.72 Å². The van der Waals surface area contributed by atoms with Crippen LogP contribution in [0, 0.1) is 17.6 Å². The van der Waals surface area contributed by atoms with Crippen molar-refractivity contribution in [3.8, 4) is 0 Å². The Morgan fingerprint density at radius 1 is 1.19 bits per heavy atom. The van der Waals surface area contributed by atoms with E-state index >= 15 is 0 Å². The lowest BCUT2D eigenvalue weighted by molar-refractivity contribution is -0.139. The summed E-state index contributed by atoms with van der Waals surface area (Å²) >= 11 is 0.707. The van der Waals surface area contributed by atoms with Gasteiger partial charge in [-0.15, -0.1) is 0 Å². The highest BCUT2D eigenvalue weighted by Crippen LogP contribution is 2.27. The number of nitrogens with zero attached hydrogens (tertiary/aromatic N) is 2. The molecule has 0 aliphatic rings. The van der Waals surface area contributed by atoms with Crippen molar-refractivity contribution >= 4 is 32.4 Å². The number of sulfonamides is 1. The van der Waals surface area contributed by atoms with E-state index in [0.717, 1.165) is 6.33 Å². The molecule has 0 saturated carbocycles. The van der Waals surface area contributed by atoms with Crippen LogP contribution in [0.3, 0.4) is 0 Å². The maximum Gasteiger partial charge on any atom is 0.390 e. The molecule has 3 unspecified atom stereocenters. The summed E-state index contributed by atoms with van der Waals surface area (Å²) < 4.78 is 96.3. The Balaban J connectivity index is 2.12. The number of rotatable bonds is 10. The summed E-state index contributed by atoms with van der Waals surface area (Å²) in [6, 6.07) is -0.677. The number of aromatic nitrogens is 2. The lowest BCUT2D eigenvalue weighted by atomic mass is 9.92. The first-order valence-corrected chi connectivity index (χ1v) is 11.1. The van der Waals surface area contributed by atoms with Crippen LogP contribution in [0.2, 0.25) is 0 Å². The number of nitrogens with two attached hydrogens (primary N) is 2. The number of nitrogens with one attached hydrogen (secondary N) is 2. The molecule has 174 valence electrons. The Morgan fingerprint density at radius 2 is 1.87 bits per heavy atom. The molecule has 6 N–H and O–H groups in total. The van der Waals surface area contributed by atoms with Crippen LogP contribution in [0.5, 0.6) is 0 Å². The van der Waals surface area contributed by atoms with Crippen LogP contribution < -0.4 is 21.5 Å². The summed E-state index contributed by atoms with van der Waals surface area (Å²) in [6.07, 6.45) is -4.66. The van der Waals surface area contributed by atoms with Crippen molar-refractivity contribution in [2.45, 2.75) is 42.9 Å². The van der Waals surface area contributed by atoms with Crippen molar-refractivity contribution in [2.75, 3.05) is 16.6 Å². The van der Waals surface area contributed by atoms with E-state index in [0.29, 0.717) is 23.7 Å². The van der Waals surface area contributed by atoms with Gasteiger partial charge in [0, 0.05) is 36.2 Å². The molecule has 0 saturated heterocycles. The zero-order valence-electron chi connectivity index (χ0n) is 16.2. The molecule has 0 aliphatic heterocycles. The predicted octanol–water partition coefficient (Wildman–Crippen LogP) is 2.66. The third kappa shape index (κ3) is 7.52. The molecule has 31 heavy (non-hydrogen) atoms. The monoisotopic (exact) mass is 488 g/mol. The van der Waals surface area contributed by atoms with Crippen molar-refractivity contribution in [2.24, 2.45) is 17.4 Å². The molecule has 1 aromatic heterocycles. The Morgan fingerprint density at radius 3 is 2.42 bits per heavy atom. The second kappa shape index (κ2) is 10.0. The van der Waals surface area contributed by atoms with Gasteiger partial charge >= 0.3 is 6.18 Å². The van der Waals surface area contributed by atoms with E-state index in [1.165, 1.54) is 0 Å². The molecule has 0 aliphatic carbocycles. The maximum absolute atomic E-state index is 14.4. The van der Waals surface area contributed by atoms with Crippen LogP contribution in [-0.2, 0) is 10.0 Å². The van der Waals surface area contributed by atoms with Gasteiger partial charge in [-0.25, -0.2) is 22.2 Å². The summed E-state index contributed by atoms with van der Waals surface area (Å²) in [4.78, 5) is 2.66. The summed E-state index contributed by atoms with van der Waals surface area (Å²) in [5.41, 5.74) is 10.9. The van der Waals surface area contributed by atoms with Crippen molar-refractivity contribution in [3.05, 3.63) is 30.1 Å². The fourth-order valence-electron chi connectivity index (χ4n) is 2.75. The molecular formula is C16H21F5N6O2S2. The van der Waals surface area contributed by atoms with Crippen molar-refractivity contribution in [3.63, 3.8) is 0 Å². The third-order valence-electron chi connectivity index (χ3n) is 4.29. The first kappa shape index (κ1) is 25.2. The highest BCUT2D eigenvalue weighted by atomic mass is 32.2. The molecule has 15 heteroatoms. The first-order chi connectivity index (χ1) is 14.3. The van der Waals surface area contributed by atoms with Gasteiger partial charge in [0.05, 0.1) is 12.1 Å². The standard InChI is InChI=1S/C16H21F5N6O2S2/c1-8(22)9(2-10(23)5-16(19,20)21)6-24-13-3-12(18)14(4-11(13)17)31(28,29)27-15-25-7-26-30-15/h3-4,7-10,24H,2,5-6,22-23H2,1H3,(H,25,26,27). The molecule has 2 rings (SSSR count). The lowest BCUT2D eigenvalue weighted by Crippen LogP contribution is -2.38. The molecule has 0 fully saturated rings. The van der Waals surface area contributed by atoms with Gasteiger partial charge in [-0.05, 0) is 25.3 Å². The minimum Gasteiger partial charge on any atom is -0.382 e. The van der Waals surface area contributed by atoms with Crippen LogP contribution >= 0.6 is 11.5 Å². The summed E-state index contributed by atoms with van der Waals surface area (Å²) in [7, 11) is -4.46. The predicted molar refractivity (Wildman–Crippen MR) is 106 cm³/mol. The average molecular weight is 489 g/mol. The minimum absolute atomic E-state index is 0.102. The van der Waals surface area contributed by atoms with Gasteiger partial charge < -0.3 is 16.8 Å². The van der Waals surface area contributed by atoms with Gasteiger partial charge in [-0.1, -0.05) is 0 Å². The Kier molecular flexibility index (Phi) is 8.13. The van der Waals surface area contributed by atoms with Crippen LogP contribution in [0.1, 0.15) is 19.8 Å². The molecule has 0 bridgehead atoms. The topological polar surface area (TPSA) is 136 Å². The number of hydrogen-bond donors (Lipinski definition) is 4. The molecule has 3 atom stereocenters. The quantitative estimate of drug-likeness (QED) is 0.378. The van der Waals surface area contributed by atoms with Crippen LogP contribution in [0.4, 0.5) is 32.8 Å². The molecular weight excluding hydrogens is 467 g/mol. The Hall–Kier alpha value is -2.10. The minimum atomic E-state index is -4.46. The Bertz CT molecular complexity index is 970. The lowest BCUT2D eigenvalue weighted by Gasteiger charge is -2.25. The largest absolute Gasteiger partial charge is 0.390 e. The molecule has 0 radical (unpaired) electrons. The van der Waals surface area contributed by atoms with E-state index in [-0.39, 0.29) is 23.8 Å². The van der Waals surface area contributed by atoms with Crippen molar-refractivity contribution < 1.29 is 30.4 Å². The van der Waals surface area contributed by atoms with Gasteiger partial charge in [0.1, 0.15) is 22.9 Å². The Labute approximate surface area is 179 Å². The van der Waals surface area contributed by atoms with Gasteiger partial charge in [0.2, 0.25) is 5.13 Å². The second-order valence-electron chi connectivity index (χ2n) is 6.93.